The number of amides is 1. The lowest BCUT2D eigenvalue weighted by molar-refractivity contribution is -0.119. The van der Waals surface area contributed by atoms with E-state index in [1.807, 2.05) is 25.1 Å². The molecule has 2 aromatic rings. The van der Waals surface area contributed by atoms with Gasteiger partial charge in [-0.05, 0) is 51.0 Å². The number of hydrogen-bond donors (Lipinski definition) is 2. The molecule has 0 saturated carbocycles. The maximum Gasteiger partial charge on any atom is 0.355 e. The van der Waals surface area contributed by atoms with Crippen LogP contribution < -0.4 is 5.32 Å². The Morgan fingerprint density at radius 1 is 1.08 bits per heavy atom. The van der Waals surface area contributed by atoms with E-state index >= 15 is 0 Å². The van der Waals surface area contributed by atoms with Gasteiger partial charge in [-0.1, -0.05) is 12.1 Å². The van der Waals surface area contributed by atoms with Crippen LogP contribution in [0.4, 0.5) is 5.69 Å². The highest BCUT2D eigenvalue weighted by atomic mass is 16.5. The van der Waals surface area contributed by atoms with Gasteiger partial charge in [0.1, 0.15) is 5.69 Å². The Morgan fingerprint density at radius 2 is 1.81 bits per heavy atom. The van der Waals surface area contributed by atoms with Crippen molar-refractivity contribution < 1.29 is 23.9 Å². The van der Waals surface area contributed by atoms with E-state index in [1.165, 1.54) is 0 Å². The van der Waals surface area contributed by atoms with Gasteiger partial charge in [0.25, 0.3) is 5.91 Å². The number of carbonyl (C=O) groups excluding carboxylic acids is 3. The molecular formula is C19H22N2O5. The van der Waals surface area contributed by atoms with Crippen LogP contribution in [0.5, 0.6) is 0 Å². The lowest BCUT2D eigenvalue weighted by atomic mass is 10.1. The van der Waals surface area contributed by atoms with E-state index in [2.05, 4.69) is 10.3 Å². The summed E-state index contributed by atoms with van der Waals surface area (Å²) in [6.45, 7) is 6.69. The third kappa shape index (κ3) is 4.50. The average molecular weight is 358 g/mol. The molecule has 0 fully saturated rings. The fourth-order valence-electron chi connectivity index (χ4n) is 2.59. The number of benzene rings is 1. The van der Waals surface area contributed by atoms with Crippen molar-refractivity contribution in [3.8, 4) is 0 Å². The van der Waals surface area contributed by atoms with Crippen LogP contribution in [0.25, 0.3) is 0 Å². The highest BCUT2D eigenvalue weighted by Crippen LogP contribution is 2.20. The maximum absolute atomic E-state index is 12.3. The number of aromatic amines is 1. The molecule has 0 spiro atoms. The van der Waals surface area contributed by atoms with Crippen molar-refractivity contribution in [3.63, 3.8) is 0 Å². The molecule has 2 rings (SSSR count). The Balaban J connectivity index is 2.01. The van der Waals surface area contributed by atoms with E-state index in [-0.39, 0.29) is 17.9 Å². The number of anilines is 1. The minimum absolute atomic E-state index is 0.209. The van der Waals surface area contributed by atoms with Crippen LogP contribution >= 0.6 is 0 Å². The van der Waals surface area contributed by atoms with Crippen LogP contribution in [-0.4, -0.2) is 36.0 Å². The summed E-state index contributed by atoms with van der Waals surface area (Å²) in [5, 5.41) is 2.66. The largest absolute Gasteiger partial charge is 0.461 e. The second-order valence-electron chi connectivity index (χ2n) is 5.84. The molecular weight excluding hydrogens is 336 g/mol. The van der Waals surface area contributed by atoms with Gasteiger partial charge in [-0.3, -0.25) is 4.79 Å². The number of aryl methyl sites for hydroxylation is 2. The minimum atomic E-state index is -0.675. The monoisotopic (exact) mass is 358 g/mol. The first-order valence-electron chi connectivity index (χ1n) is 8.23. The second kappa shape index (κ2) is 8.33. The number of hydrogen-bond acceptors (Lipinski definition) is 5. The van der Waals surface area contributed by atoms with Crippen molar-refractivity contribution in [2.45, 2.75) is 27.7 Å². The highest BCUT2D eigenvalue weighted by molar-refractivity contribution is 6.00. The molecule has 0 unspecified atom stereocenters. The zero-order valence-corrected chi connectivity index (χ0v) is 15.3. The van der Waals surface area contributed by atoms with Crippen LogP contribution in [0.15, 0.2) is 24.3 Å². The highest BCUT2D eigenvalue weighted by Gasteiger charge is 2.24. The van der Waals surface area contributed by atoms with E-state index in [4.69, 9.17) is 9.47 Å². The number of nitrogens with one attached hydrogen (secondary N) is 2. The lowest BCUT2D eigenvalue weighted by Crippen LogP contribution is -2.21. The Bertz CT molecular complexity index is 838. The molecule has 1 aromatic carbocycles. The summed E-state index contributed by atoms with van der Waals surface area (Å²) in [7, 11) is 0. The van der Waals surface area contributed by atoms with E-state index < -0.39 is 24.5 Å². The van der Waals surface area contributed by atoms with Gasteiger partial charge in [-0.2, -0.15) is 0 Å². The van der Waals surface area contributed by atoms with E-state index in [0.29, 0.717) is 16.9 Å². The number of carbonyl (C=O) groups is 3. The van der Waals surface area contributed by atoms with Gasteiger partial charge in [0.15, 0.2) is 6.61 Å². The van der Waals surface area contributed by atoms with E-state index in [0.717, 1.165) is 5.56 Å². The molecule has 0 aliphatic carbocycles. The van der Waals surface area contributed by atoms with Gasteiger partial charge in [0.2, 0.25) is 0 Å². The predicted molar refractivity (Wildman–Crippen MR) is 96.3 cm³/mol. The minimum Gasteiger partial charge on any atom is -0.461 e. The fraction of sp³-hybridized carbons (Fsp3) is 0.316. The Labute approximate surface area is 151 Å². The average Bonchev–Trinajstić information content (AvgIpc) is 2.87. The van der Waals surface area contributed by atoms with Gasteiger partial charge in [0, 0.05) is 11.4 Å². The zero-order valence-electron chi connectivity index (χ0n) is 15.3. The van der Waals surface area contributed by atoms with E-state index in [9.17, 15) is 14.4 Å². The molecule has 138 valence electrons. The first-order valence-corrected chi connectivity index (χ1v) is 8.23. The van der Waals surface area contributed by atoms with Gasteiger partial charge in [-0.25, -0.2) is 9.59 Å². The molecule has 0 saturated heterocycles. The van der Waals surface area contributed by atoms with Crippen molar-refractivity contribution in [1.29, 1.82) is 0 Å². The van der Waals surface area contributed by atoms with Gasteiger partial charge >= 0.3 is 11.9 Å². The van der Waals surface area contributed by atoms with Crippen molar-refractivity contribution >= 4 is 23.5 Å². The third-order valence-corrected chi connectivity index (χ3v) is 3.76. The number of H-pyrrole nitrogens is 1. The summed E-state index contributed by atoms with van der Waals surface area (Å²) in [6.07, 6.45) is 0. The SMILES string of the molecule is CCOC(=O)c1[nH]c(C)c(C(=O)OCC(=O)Nc2cccc(C)c2)c1C. The summed E-state index contributed by atoms with van der Waals surface area (Å²) in [5.74, 6) is -1.66. The molecule has 0 bridgehead atoms. The summed E-state index contributed by atoms with van der Waals surface area (Å²) in [5.41, 5.74) is 2.99. The first kappa shape index (κ1) is 19.2. The third-order valence-electron chi connectivity index (χ3n) is 3.76. The van der Waals surface area contributed by atoms with Crippen molar-refractivity contribution in [3.05, 3.63) is 52.3 Å². The molecule has 1 aromatic heterocycles. The van der Waals surface area contributed by atoms with Crippen LogP contribution in [0.1, 0.15) is 44.6 Å². The molecule has 0 radical (unpaired) electrons. The summed E-state index contributed by atoms with van der Waals surface area (Å²) >= 11 is 0. The number of aromatic nitrogens is 1. The molecule has 0 aliphatic rings. The van der Waals surface area contributed by atoms with Gasteiger partial charge in [0.05, 0.1) is 12.2 Å². The molecule has 0 aliphatic heterocycles. The van der Waals surface area contributed by atoms with Crippen LogP contribution in [0, 0.1) is 20.8 Å². The smallest absolute Gasteiger partial charge is 0.355 e. The Kier molecular flexibility index (Phi) is 6.16. The van der Waals surface area contributed by atoms with Gasteiger partial charge in [-0.15, -0.1) is 0 Å². The van der Waals surface area contributed by atoms with Crippen molar-refractivity contribution in [2.75, 3.05) is 18.5 Å². The Hall–Kier alpha value is -3.09. The first-order chi connectivity index (χ1) is 12.3. The number of rotatable bonds is 6. The molecule has 26 heavy (non-hydrogen) atoms. The molecule has 0 atom stereocenters. The molecule has 7 heteroatoms. The van der Waals surface area contributed by atoms with E-state index in [1.54, 1.807) is 26.8 Å². The lowest BCUT2D eigenvalue weighted by Gasteiger charge is -2.08. The second-order valence-corrected chi connectivity index (χ2v) is 5.84. The molecule has 1 amide bonds. The number of esters is 2. The maximum atomic E-state index is 12.3. The summed E-state index contributed by atoms with van der Waals surface area (Å²) in [6, 6.07) is 7.29. The zero-order chi connectivity index (χ0) is 19.3. The summed E-state index contributed by atoms with van der Waals surface area (Å²) < 4.78 is 10.0. The predicted octanol–water partition coefficient (Wildman–Crippen LogP) is 2.91. The quantitative estimate of drug-likeness (QED) is 0.774. The molecule has 7 nitrogen and oxygen atoms in total. The van der Waals surface area contributed by atoms with Crippen LogP contribution in [0.3, 0.4) is 0 Å². The fourth-order valence-corrected chi connectivity index (χ4v) is 2.59. The molecule has 2 N–H and O–H groups in total. The van der Waals surface area contributed by atoms with Crippen molar-refractivity contribution in [1.82, 2.24) is 4.98 Å². The van der Waals surface area contributed by atoms with Crippen LogP contribution in [-0.2, 0) is 14.3 Å². The normalized spacial score (nSPS) is 10.3. The standard InChI is InChI=1S/C19H22N2O5/c1-5-25-19(24)17-12(3)16(13(4)20-17)18(23)26-10-15(22)21-14-8-6-7-11(2)9-14/h6-9,20H,5,10H2,1-4H3,(H,21,22). The van der Waals surface area contributed by atoms with Gasteiger partial charge < -0.3 is 19.8 Å². The Morgan fingerprint density at radius 3 is 2.46 bits per heavy atom. The molecule has 1 heterocycles. The topological polar surface area (TPSA) is 97.5 Å². The van der Waals surface area contributed by atoms with Crippen molar-refractivity contribution in [2.24, 2.45) is 0 Å². The number of ether oxygens (including phenoxy) is 2. The van der Waals surface area contributed by atoms with Crippen LogP contribution in [0.2, 0.25) is 0 Å². The summed E-state index contributed by atoms with van der Waals surface area (Å²) in [4.78, 5) is 39.0.